The Labute approximate surface area is 156 Å². The molecule has 1 aliphatic heterocycles. The second-order valence-corrected chi connectivity index (χ2v) is 7.50. The molecule has 0 radical (unpaired) electrons. The highest BCUT2D eigenvalue weighted by Gasteiger charge is 2.32. The number of nitrogens with zero attached hydrogens (tertiary/aromatic N) is 2. The van der Waals surface area contributed by atoms with Crippen molar-refractivity contribution in [3.8, 4) is 0 Å². The van der Waals surface area contributed by atoms with Crippen LogP contribution in [0.3, 0.4) is 0 Å². The van der Waals surface area contributed by atoms with Crippen molar-refractivity contribution in [3.63, 3.8) is 0 Å². The Kier molecular flexibility index (Phi) is 7.30. The Balaban J connectivity index is 1.98. The van der Waals surface area contributed by atoms with E-state index in [0.717, 1.165) is 25.1 Å². The van der Waals surface area contributed by atoms with Gasteiger partial charge in [0, 0.05) is 44.8 Å². The highest BCUT2D eigenvalue weighted by Crippen LogP contribution is 2.30. The first kappa shape index (κ1) is 20.1. The molecule has 1 saturated heterocycles. The summed E-state index contributed by atoms with van der Waals surface area (Å²) in [6.07, 6.45) is 1.80. The molecule has 26 heavy (non-hydrogen) atoms. The lowest BCUT2D eigenvalue weighted by Gasteiger charge is -2.39. The van der Waals surface area contributed by atoms with E-state index < -0.39 is 5.97 Å². The third kappa shape index (κ3) is 5.93. The van der Waals surface area contributed by atoms with Gasteiger partial charge < -0.3 is 20.2 Å². The molecule has 2 N–H and O–H groups in total. The van der Waals surface area contributed by atoms with Gasteiger partial charge in [-0.25, -0.2) is 4.79 Å². The van der Waals surface area contributed by atoms with Crippen molar-refractivity contribution in [2.75, 3.05) is 31.6 Å². The molecule has 1 aromatic carbocycles. The van der Waals surface area contributed by atoms with E-state index in [1.807, 2.05) is 44.0 Å². The van der Waals surface area contributed by atoms with Crippen LogP contribution in [0.1, 0.15) is 33.1 Å². The normalized spacial score (nSPS) is 20.1. The quantitative estimate of drug-likeness (QED) is 0.783. The van der Waals surface area contributed by atoms with Gasteiger partial charge in [-0.3, -0.25) is 4.79 Å². The van der Waals surface area contributed by atoms with E-state index in [0.29, 0.717) is 13.1 Å². The van der Waals surface area contributed by atoms with Crippen molar-refractivity contribution >= 4 is 17.7 Å². The number of rotatable bonds is 7. The first-order valence-corrected chi connectivity index (χ1v) is 9.40. The van der Waals surface area contributed by atoms with Crippen LogP contribution in [0.25, 0.3) is 0 Å². The molecule has 0 bridgehead atoms. The lowest BCUT2D eigenvalue weighted by atomic mass is 9.81. The number of likely N-dealkylation sites (tertiary alicyclic amines) is 1. The van der Waals surface area contributed by atoms with E-state index in [9.17, 15) is 14.7 Å². The van der Waals surface area contributed by atoms with Crippen molar-refractivity contribution in [1.29, 1.82) is 0 Å². The number of amides is 2. The molecule has 0 spiro atoms. The first-order chi connectivity index (χ1) is 12.4. The molecule has 6 heteroatoms. The fraction of sp³-hybridized carbons (Fsp3) is 0.600. The average molecular weight is 361 g/mol. The molecule has 2 rings (SSSR count). The number of benzene rings is 1. The molecule has 2 atom stereocenters. The van der Waals surface area contributed by atoms with Crippen LogP contribution in [0.2, 0.25) is 0 Å². The minimum Gasteiger partial charge on any atom is -0.481 e. The summed E-state index contributed by atoms with van der Waals surface area (Å²) in [7, 11) is 2.05. The summed E-state index contributed by atoms with van der Waals surface area (Å²) in [5.74, 6) is -0.430. The number of urea groups is 1. The summed E-state index contributed by atoms with van der Waals surface area (Å²) >= 11 is 0. The van der Waals surface area contributed by atoms with Crippen molar-refractivity contribution in [2.24, 2.45) is 11.8 Å². The molecular formula is C20H31N3O3. The van der Waals surface area contributed by atoms with Gasteiger partial charge in [-0.15, -0.1) is 0 Å². The predicted octanol–water partition coefficient (Wildman–Crippen LogP) is 3.04. The second-order valence-electron chi connectivity index (χ2n) is 7.50. The zero-order valence-corrected chi connectivity index (χ0v) is 16.0. The molecule has 6 nitrogen and oxygen atoms in total. The number of carboxylic acids is 1. The number of para-hydroxylation sites is 1. The van der Waals surface area contributed by atoms with Gasteiger partial charge in [-0.1, -0.05) is 18.2 Å². The summed E-state index contributed by atoms with van der Waals surface area (Å²) in [5, 5.41) is 12.2. The Morgan fingerprint density at radius 3 is 2.58 bits per heavy atom. The van der Waals surface area contributed by atoms with Gasteiger partial charge in [0.1, 0.15) is 0 Å². The number of hydrogen-bond donors (Lipinski definition) is 2. The smallest absolute Gasteiger partial charge is 0.317 e. The minimum absolute atomic E-state index is 0.0461. The highest BCUT2D eigenvalue weighted by molar-refractivity contribution is 5.74. The van der Waals surface area contributed by atoms with Crippen LogP contribution in [0.15, 0.2) is 30.3 Å². The minimum atomic E-state index is -0.753. The highest BCUT2D eigenvalue weighted by atomic mass is 16.4. The van der Waals surface area contributed by atoms with E-state index in [4.69, 9.17) is 0 Å². The standard InChI is InChI=1S/C20H31N3O3/c1-15(2)21-20(26)23-12-10-16(13-19(24)25)17(14-23)9-11-22(3)18-7-5-4-6-8-18/h4-8,15-17H,9-14H2,1-3H3,(H,21,26)(H,24,25)/t16-,17-/m0/s1. The largest absolute Gasteiger partial charge is 0.481 e. The predicted molar refractivity (Wildman–Crippen MR) is 103 cm³/mol. The molecule has 0 aliphatic carbocycles. The summed E-state index contributed by atoms with van der Waals surface area (Å²) in [5.41, 5.74) is 1.15. The monoisotopic (exact) mass is 361 g/mol. The Bertz CT molecular complexity index is 591. The van der Waals surface area contributed by atoms with E-state index in [2.05, 4.69) is 22.3 Å². The fourth-order valence-electron chi connectivity index (χ4n) is 3.59. The molecule has 1 aliphatic rings. The molecular weight excluding hydrogens is 330 g/mol. The van der Waals surface area contributed by atoms with Crippen molar-refractivity contribution in [2.45, 2.75) is 39.2 Å². The number of hydrogen-bond acceptors (Lipinski definition) is 3. The van der Waals surface area contributed by atoms with E-state index in [-0.39, 0.29) is 30.3 Å². The molecule has 2 amide bonds. The van der Waals surface area contributed by atoms with Gasteiger partial charge >= 0.3 is 12.0 Å². The van der Waals surface area contributed by atoms with Crippen LogP contribution in [0.5, 0.6) is 0 Å². The van der Waals surface area contributed by atoms with E-state index in [1.165, 1.54) is 0 Å². The third-order valence-corrected chi connectivity index (χ3v) is 5.06. The maximum atomic E-state index is 12.3. The van der Waals surface area contributed by atoms with Crippen molar-refractivity contribution < 1.29 is 14.7 Å². The average Bonchev–Trinajstić information content (AvgIpc) is 2.60. The molecule has 1 heterocycles. The maximum Gasteiger partial charge on any atom is 0.317 e. The van der Waals surface area contributed by atoms with Gasteiger partial charge in [0.15, 0.2) is 0 Å². The molecule has 0 aromatic heterocycles. The number of carboxylic acid groups (broad SMARTS) is 1. The number of nitrogens with one attached hydrogen (secondary N) is 1. The Morgan fingerprint density at radius 2 is 1.96 bits per heavy atom. The zero-order valence-electron chi connectivity index (χ0n) is 16.0. The molecule has 0 saturated carbocycles. The topological polar surface area (TPSA) is 72.9 Å². The van der Waals surface area contributed by atoms with E-state index >= 15 is 0 Å². The third-order valence-electron chi connectivity index (χ3n) is 5.06. The van der Waals surface area contributed by atoms with Gasteiger partial charge in [-0.05, 0) is 50.7 Å². The summed E-state index contributed by atoms with van der Waals surface area (Å²) in [6.45, 7) is 5.98. The number of carbonyl (C=O) groups excluding carboxylic acids is 1. The summed E-state index contributed by atoms with van der Waals surface area (Å²) in [6, 6.07) is 10.2. The van der Waals surface area contributed by atoms with Gasteiger partial charge in [0.05, 0.1) is 0 Å². The van der Waals surface area contributed by atoms with Gasteiger partial charge in [0.25, 0.3) is 0 Å². The lowest BCUT2D eigenvalue weighted by Crippen LogP contribution is -2.50. The fourth-order valence-corrected chi connectivity index (χ4v) is 3.59. The Morgan fingerprint density at radius 1 is 1.27 bits per heavy atom. The van der Waals surface area contributed by atoms with Crippen molar-refractivity contribution in [3.05, 3.63) is 30.3 Å². The zero-order chi connectivity index (χ0) is 19.1. The molecule has 1 fully saturated rings. The van der Waals surface area contributed by atoms with Crippen LogP contribution >= 0.6 is 0 Å². The number of aliphatic carboxylic acids is 1. The number of carbonyl (C=O) groups is 2. The van der Waals surface area contributed by atoms with Crippen LogP contribution < -0.4 is 10.2 Å². The van der Waals surface area contributed by atoms with Crippen LogP contribution in [-0.2, 0) is 4.79 Å². The maximum absolute atomic E-state index is 12.3. The molecule has 1 aromatic rings. The number of anilines is 1. The van der Waals surface area contributed by atoms with Crippen LogP contribution in [0, 0.1) is 11.8 Å². The second kappa shape index (κ2) is 9.46. The van der Waals surface area contributed by atoms with E-state index in [1.54, 1.807) is 0 Å². The molecule has 144 valence electrons. The summed E-state index contributed by atoms with van der Waals surface area (Å²) < 4.78 is 0. The first-order valence-electron chi connectivity index (χ1n) is 9.40. The summed E-state index contributed by atoms with van der Waals surface area (Å²) in [4.78, 5) is 27.6. The molecule has 0 unspecified atom stereocenters. The lowest BCUT2D eigenvalue weighted by molar-refractivity contribution is -0.139. The Hall–Kier alpha value is -2.24. The van der Waals surface area contributed by atoms with Crippen LogP contribution in [-0.4, -0.2) is 54.7 Å². The van der Waals surface area contributed by atoms with Crippen molar-refractivity contribution in [1.82, 2.24) is 10.2 Å². The number of piperidine rings is 1. The van der Waals surface area contributed by atoms with Gasteiger partial charge in [-0.2, -0.15) is 0 Å². The SMILES string of the molecule is CC(C)NC(=O)N1CC[C@@H](CC(=O)O)[C@@H](CCN(C)c2ccccc2)C1. The van der Waals surface area contributed by atoms with Gasteiger partial charge in [0.2, 0.25) is 0 Å². The van der Waals surface area contributed by atoms with Crippen LogP contribution in [0.4, 0.5) is 10.5 Å².